The van der Waals surface area contributed by atoms with Gasteiger partial charge in [-0.1, -0.05) is 12.1 Å². The van der Waals surface area contributed by atoms with Crippen molar-refractivity contribution in [2.45, 2.75) is 31.4 Å². The quantitative estimate of drug-likeness (QED) is 0.717. The summed E-state index contributed by atoms with van der Waals surface area (Å²) in [6, 6.07) is 2.22. The van der Waals surface area contributed by atoms with Crippen molar-refractivity contribution in [3.05, 3.63) is 11.7 Å². The largest absolute Gasteiger partial charge is 0.339 e. The number of thioether (sulfide) groups is 1. The van der Waals surface area contributed by atoms with Crippen LogP contribution in [0.1, 0.15) is 37.4 Å². The van der Waals surface area contributed by atoms with Gasteiger partial charge in [0.1, 0.15) is 0 Å². The summed E-state index contributed by atoms with van der Waals surface area (Å²) >= 11 is 1.81. The van der Waals surface area contributed by atoms with Crippen molar-refractivity contribution in [1.29, 1.82) is 5.26 Å². The summed E-state index contributed by atoms with van der Waals surface area (Å²) in [6.07, 6.45) is 2.04. The van der Waals surface area contributed by atoms with E-state index < -0.39 is 0 Å². The molecule has 1 aliphatic rings. The number of hydrogen-bond acceptors (Lipinski definition) is 5. The van der Waals surface area contributed by atoms with E-state index >= 15 is 0 Å². The first kappa shape index (κ1) is 10.5. The van der Waals surface area contributed by atoms with Crippen molar-refractivity contribution in [2.24, 2.45) is 5.92 Å². The van der Waals surface area contributed by atoms with Crippen molar-refractivity contribution < 1.29 is 4.52 Å². The average molecular weight is 223 g/mol. The van der Waals surface area contributed by atoms with Gasteiger partial charge in [-0.15, -0.1) is 0 Å². The second kappa shape index (κ2) is 4.67. The van der Waals surface area contributed by atoms with E-state index in [0.29, 0.717) is 5.89 Å². The van der Waals surface area contributed by atoms with Gasteiger partial charge < -0.3 is 4.52 Å². The molecule has 0 spiro atoms. The summed E-state index contributed by atoms with van der Waals surface area (Å²) in [5, 5.41) is 12.6. The molecule has 4 nitrogen and oxygen atoms in total. The van der Waals surface area contributed by atoms with E-state index in [0.717, 1.165) is 30.2 Å². The molecule has 0 aromatic carbocycles. The molecule has 2 atom stereocenters. The molecular weight excluding hydrogens is 210 g/mol. The maximum Gasteiger partial charge on any atom is 0.231 e. The third-order valence-corrected chi connectivity index (χ3v) is 3.50. The Morgan fingerprint density at radius 1 is 1.67 bits per heavy atom. The summed E-state index contributed by atoms with van der Waals surface area (Å²) in [5.74, 6) is 3.63. The Morgan fingerprint density at radius 2 is 2.53 bits per heavy atom. The molecule has 5 heteroatoms. The van der Waals surface area contributed by atoms with E-state index in [4.69, 9.17) is 9.78 Å². The first-order valence-electron chi connectivity index (χ1n) is 5.15. The van der Waals surface area contributed by atoms with Gasteiger partial charge in [-0.3, -0.25) is 0 Å². The molecule has 1 aromatic heterocycles. The summed E-state index contributed by atoms with van der Waals surface area (Å²) in [6.45, 7) is 2.15. The molecule has 2 rings (SSSR count). The van der Waals surface area contributed by atoms with Crippen molar-refractivity contribution in [1.82, 2.24) is 10.1 Å². The minimum absolute atomic E-state index is 0.0987. The molecule has 0 N–H and O–H groups in total. The van der Waals surface area contributed by atoms with Gasteiger partial charge in [0.15, 0.2) is 5.82 Å². The van der Waals surface area contributed by atoms with Crippen LogP contribution in [0.5, 0.6) is 0 Å². The predicted octanol–water partition coefficient (Wildman–Crippen LogP) is 2.34. The topological polar surface area (TPSA) is 62.7 Å². The minimum atomic E-state index is 0.0987. The number of nitrogens with zero attached hydrogens (tertiary/aromatic N) is 3. The van der Waals surface area contributed by atoms with Crippen LogP contribution >= 0.6 is 11.8 Å². The van der Waals surface area contributed by atoms with E-state index in [2.05, 4.69) is 23.1 Å². The molecule has 1 heterocycles. The zero-order chi connectivity index (χ0) is 10.7. The molecule has 1 fully saturated rings. The second-order valence-electron chi connectivity index (χ2n) is 3.68. The molecule has 80 valence electrons. The van der Waals surface area contributed by atoms with Crippen molar-refractivity contribution >= 4 is 11.8 Å². The Balaban J connectivity index is 1.86. The minimum Gasteiger partial charge on any atom is -0.339 e. The van der Waals surface area contributed by atoms with Crippen LogP contribution in [0.3, 0.4) is 0 Å². The van der Waals surface area contributed by atoms with E-state index in [1.165, 1.54) is 0 Å². The Morgan fingerprint density at radius 3 is 3.20 bits per heavy atom. The maximum absolute atomic E-state index is 8.67. The van der Waals surface area contributed by atoms with E-state index in [1.807, 2.05) is 11.8 Å². The smallest absolute Gasteiger partial charge is 0.231 e. The molecule has 0 bridgehead atoms. The molecule has 1 saturated carbocycles. The van der Waals surface area contributed by atoms with Crippen molar-refractivity contribution in [3.8, 4) is 6.07 Å². The average Bonchev–Trinajstić information content (AvgIpc) is 2.91. The molecule has 1 aromatic rings. The Bertz CT molecular complexity index is 371. The lowest BCUT2D eigenvalue weighted by Gasteiger charge is -1.91. The van der Waals surface area contributed by atoms with Crippen LogP contribution < -0.4 is 0 Å². The van der Waals surface area contributed by atoms with Crippen LogP contribution in [0, 0.1) is 17.2 Å². The number of aromatic nitrogens is 2. The molecular formula is C10H13N3OS. The molecule has 0 amide bonds. The first-order chi connectivity index (χ1) is 7.35. The van der Waals surface area contributed by atoms with Gasteiger partial charge in [0.05, 0.1) is 23.7 Å². The third-order valence-electron chi connectivity index (χ3n) is 2.34. The molecule has 2 unspecified atom stereocenters. The fourth-order valence-electron chi connectivity index (χ4n) is 1.40. The lowest BCUT2D eigenvalue weighted by molar-refractivity contribution is 0.373. The van der Waals surface area contributed by atoms with Crippen LogP contribution in [0.25, 0.3) is 0 Å². The Hall–Kier alpha value is -1.02. The monoisotopic (exact) mass is 223 g/mol. The van der Waals surface area contributed by atoms with Crippen LogP contribution in [0.4, 0.5) is 0 Å². The lowest BCUT2D eigenvalue weighted by Crippen LogP contribution is -1.86. The molecule has 1 aliphatic carbocycles. The highest BCUT2D eigenvalue weighted by molar-refractivity contribution is 7.98. The van der Waals surface area contributed by atoms with Crippen molar-refractivity contribution in [3.63, 3.8) is 0 Å². The van der Waals surface area contributed by atoms with Gasteiger partial charge in [0.25, 0.3) is 0 Å². The number of rotatable bonds is 5. The van der Waals surface area contributed by atoms with Gasteiger partial charge in [-0.2, -0.15) is 22.0 Å². The zero-order valence-corrected chi connectivity index (χ0v) is 9.46. The van der Waals surface area contributed by atoms with Gasteiger partial charge in [-0.05, 0) is 18.6 Å². The van der Waals surface area contributed by atoms with Gasteiger partial charge in [-0.25, -0.2) is 0 Å². The SMILES string of the molecule is CCCSCc1noc(C2CC2C#N)n1. The highest BCUT2D eigenvalue weighted by Gasteiger charge is 2.43. The summed E-state index contributed by atoms with van der Waals surface area (Å²) in [4.78, 5) is 4.29. The summed E-state index contributed by atoms with van der Waals surface area (Å²) in [5.41, 5.74) is 0. The second-order valence-corrected chi connectivity index (χ2v) is 4.78. The van der Waals surface area contributed by atoms with Crippen LogP contribution in [-0.2, 0) is 5.75 Å². The lowest BCUT2D eigenvalue weighted by atomic mass is 10.3. The normalized spacial score (nSPS) is 23.7. The predicted molar refractivity (Wildman–Crippen MR) is 57.2 cm³/mol. The summed E-state index contributed by atoms with van der Waals surface area (Å²) < 4.78 is 5.13. The fourth-order valence-corrected chi connectivity index (χ4v) is 2.13. The number of nitriles is 1. The van der Waals surface area contributed by atoms with Crippen LogP contribution in [0.2, 0.25) is 0 Å². The van der Waals surface area contributed by atoms with E-state index in [1.54, 1.807) is 0 Å². The van der Waals surface area contributed by atoms with Gasteiger partial charge >= 0.3 is 0 Å². The van der Waals surface area contributed by atoms with E-state index in [-0.39, 0.29) is 11.8 Å². The van der Waals surface area contributed by atoms with Crippen LogP contribution in [0.15, 0.2) is 4.52 Å². The number of hydrogen-bond donors (Lipinski definition) is 0. The molecule has 0 radical (unpaired) electrons. The van der Waals surface area contributed by atoms with Gasteiger partial charge in [0, 0.05) is 0 Å². The van der Waals surface area contributed by atoms with Gasteiger partial charge in [0.2, 0.25) is 5.89 Å². The van der Waals surface area contributed by atoms with E-state index in [9.17, 15) is 0 Å². The first-order valence-corrected chi connectivity index (χ1v) is 6.30. The zero-order valence-electron chi connectivity index (χ0n) is 8.64. The molecule has 0 aliphatic heterocycles. The standard InChI is InChI=1S/C10H13N3OS/c1-2-3-15-6-9-12-10(14-13-9)8-4-7(8)5-11/h7-8H,2-4,6H2,1H3. The fraction of sp³-hybridized carbons (Fsp3) is 0.700. The van der Waals surface area contributed by atoms with Crippen LogP contribution in [-0.4, -0.2) is 15.9 Å². The third kappa shape index (κ3) is 2.51. The Kier molecular flexibility index (Phi) is 3.27. The molecule has 15 heavy (non-hydrogen) atoms. The molecule has 0 saturated heterocycles. The maximum atomic E-state index is 8.67. The summed E-state index contributed by atoms with van der Waals surface area (Å²) in [7, 11) is 0. The highest BCUT2D eigenvalue weighted by Crippen LogP contribution is 2.46. The Labute approximate surface area is 93.0 Å². The highest BCUT2D eigenvalue weighted by atomic mass is 32.2. The van der Waals surface area contributed by atoms with Crippen molar-refractivity contribution in [2.75, 3.05) is 5.75 Å².